The van der Waals surface area contributed by atoms with Crippen LogP contribution in [0.1, 0.15) is 20.3 Å². The van der Waals surface area contributed by atoms with Crippen molar-refractivity contribution in [3.8, 4) is 0 Å². The molecule has 1 amide bonds. The summed E-state index contributed by atoms with van der Waals surface area (Å²) in [5, 5.41) is 3.29. The Kier molecular flexibility index (Phi) is 3.09. The zero-order valence-electron chi connectivity index (χ0n) is 7.84. The van der Waals surface area contributed by atoms with Crippen LogP contribution in [-0.4, -0.2) is 19.0 Å². The Bertz CT molecular complexity index is 168. The molecular weight excluding hydrogens is 152 g/mol. The minimum Gasteiger partial charge on any atom is -0.369 e. The summed E-state index contributed by atoms with van der Waals surface area (Å²) in [6.45, 7) is 6.16. The molecule has 3 heteroatoms. The van der Waals surface area contributed by atoms with Crippen LogP contribution in [0.15, 0.2) is 0 Å². The lowest BCUT2D eigenvalue weighted by molar-refractivity contribution is -0.124. The van der Waals surface area contributed by atoms with Gasteiger partial charge in [0.05, 0.1) is 0 Å². The molecule has 1 rings (SSSR count). The second-order valence-electron chi connectivity index (χ2n) is 3.91. The molecule has 2 atom stereocenters. The normalized spacial score (nSPS) is 30.6. The highest BCUT2D eigenvalue weighted by molar-refractivity contribution is 5.77. The van der Waals surface area contributed by atoms with Crippen LogP contribution >= 0.6 is 0 Å². The molecule has 0 saturated carbocycles. The van der Waals surface area contributed by atoms with Gasteiger partial charge in [0.25, 0.3) is 0 Å². The summed E-state index contributed by atoms with van der Waals surface area (Å²) in [5.41, 5.74) is 5.33. The molecule has 0 aromatic carbocycles. The maximum Gasteiger partial charge on any atom is 0.220 e. The molecule has 0 aromatic rings. The first-order chi connectivity index (χ1) is 5.63. The number of rotatable bonds is 2. The van der Waals surface area contributed by atoms with Gasteiger partial charge in [-0.15, -0.1) is 0 Å². The van der Waals surface area contributed by atoms with Crippen LogP contribution in [0, 0.1) is 17.8 Å². The monoisotopic (exact) mass is 170 g/mol. The Morgan fingerprint density at radius 2 is 2.25 bits per heavy atom. The van der Waals surface area contributed by atoms with E-state index in [0.717, 1.165) is 19.5 Å². The van der Waals surface area contributed by atoms with Crippen LogP contribution in [0.2, 0.25) is 0 Å². The van der Waals surface area contributed by atoms with Crippen LogP contribution < -0.4 is 11.1 Å². The van der Waals surface area contributed by atoms with Gasteiger partial charge in [0, 0.05) is 5.92 Å². The first-order valence-electron chi connectivity index (χ1n) is 4.63. The Morgan fingerprint density at radius 1 is 1.58 bits per heavy atom. The first-order valence-corrected chi connectivity index (χ1v) is 4.63. The van der Waals surface area contributed by atoms with Gasteiger partial charge < -0.3 is 11.1 Å². The van der Waals surface area contributed by atoms with Gasteiger partial charge in [0.2, 0.25) is 5.91 Å². The Balaban J connectivity index is 2.60. The van der Waals surface area contributed by atoms with E-state index in [1.54, 1.807) is 0 Å². The van der Waals surface area contributed by atoms with Crippen LogP contribution in [0.5, 0.6) is 0 Å². The number of primary amides is 1. The van der Waals surface area contributed by atoms with Crippen molar-refractivity contribution < 1.29 is 4.79 Å². The molecule has 0 bridgehead atoms. The summed E-state index contributed by atoms with van der Waals surface area (Å²) in [4.78, 5) is 11.1. The molecule has 0 aromatic heterocycles. The first kappa shape index (κ1) is 9.52. The molecule has 0 radical (unpaired) electrons. The van der Waals surface area contributed by atoms with Gasteiger partial charge in [-0.2, -0.15) is 0 Å². The lowest BCUT2D eigenvalue weighted by Gasteiger charge is -2.32. The lowest BCUT2D eigenvalue weighted by Crippen LogP contribution is -2.44. The van der Waals surface area contributed by atoms with Crippen LogP contribution in [0.3, 0.4) is 0 Å². The van der Waals surface area contributed by atoms with Crippen molar-refractivity contribution >= 4 is 5.91 Å². The van der Waals surface area contributed by atoms with Gasteiger partial charge in [-0.05, 0) is 31.3 Å². The number of piperidine rings is 1. The lowest BCUT2D eigenvalue weighted by atomic mass is 9.79. The SMILES string of the molecule is CC(C)C1CNCCC1C(N)=O. The van der Waals surface area contributed by atoms with E-state index in [2.05, 4.69) is 19.2 Å². The molecular formula is C9H18N2O. The third kappa shape index (κ3) is 1.97. The summed E-state index contributed by atoms with van der Waals surface area (Å²) in [7, 11) is 0. The van der Waals surface area contributed by atoms with E-state index < -0.39 is 0 Å². The van der Waals surface area contributed by atoms with Gasteiger partial charge in [0.1, 0.15) is 0 Å². The summed E-state index contributed by atoms with van der Waals surface area (Å²) in [5.74, 6) is 0.924. The zero-order chi connectivity index (χ0) is 9.14. The average Bonchev–Trinajstić information content (AvgIpc) is 2.04. The molecule has 3 nitrogen and oxygen atoms in total. The van der Waals surface area contributed by atoms with Crippen LogP contribution in [0.25, 0.3) is 0 Å². The molecule has 2 unspecified atom stereocenters. The Labute approximate surface area is 73.7 Å². The van der Waals surface area contributed by atoms with Crippen LogP contribution in [-0.2, 0) is 4.79 Å². The molecule has 0 aliphatic carbocycles. The van der Waals surface area contributed by atoms with Gasteiger partial charge >= 0.3 is 0 Å². The third-order valence-corrected chi connectivity index (χ3v) is 2.75. The summed E-state index contributed by atoms with van der Waals surface area (Å²) < 4.78 is 0. The largest absolute Gasteiger partial charge is 0.369 e. The molecule has 3 N–H and O–H groups in total. The van der Waals surface area contributed by atoms with Crippen molar-refractivity contribution in [1.82, 2.24) is 5.32 Å². The fourth-order valence-corrected chi connectivity index (χ4v) is 1.94. The topological polar surface area (TPSA) is 55.1 Å². The number of carbonyl (C=O) groups is 1. The molecule has 0 spiro atoms. The van der Waals surface area contributed by atoms with Crippen molar-refractivity contribution in [3.05, 3.63) is 0 Å². The van der Waals surface area contributed by atoms with Crippen molar-refractivity contribution in [1.29, 1.82) is 0 Å². The van der Waals surface area contributed by atoms with E-state index in [4.69, 9.17) is 5.73 Å². The molecule has 1 fully saturated rings. The summed E-state index contributed by atoms with van der Waals surface area (Å²) in [6, 6.07) is 0. The smallest absolute Gasteiger partial charge is 0.220 e. The number of nitrogens with one attached hydrogen (secondary N) is 1. The van der Waals surface area contributed by atoms with Gasteiger partial charge in [-0.3, -0.25) is 4.79 Å². The molecule has 1 saturated heterocycles. The molecule has 70 valence electrons. The number of carbonyl (C=O) groups excluding carboxylic acids is 1. The van der Waals surface area contributed by atoms with Crippen molar-refractivity contribution in [2.45, 2.75) is 20.3 Å². The predicted octanol–water partition coefficient (Wildman–Crippen LogP) is 0.353. The minimum atomic E-state index is -0.129. The summed E-state index contributed by atoms with van der Waals surface area (Å²) in [6.07, 6.45) is 0.901. The number of amides is 1. The second-order valence-corrected chi connectivity index (χ2v) is 3.91. The molecule has 1 heterocycles. The van der Waals surface area contributed by atoms with E-state index in [-0.39, 0.29) is 11.8 Å². The molecule has 1 aliphatic heterocycles. The number of nitrogens with two attached hydrogens (primary N) is 1. The van der Waals surface area contributed by atoms with E-state index >= 15 is 0 Å². The minimum absolute atomic E-state index is 0.0891. The highest BCUT2D eigenvalue weighted by Crippen LogP contribution is 2.25. The Morgan fingerprint density at radius 3 is 2.67 bits per heavy atom. The predicted molar refractivity (Wildman–Crippen MR) is 48.5 cm³/mol. The van der Waals surface area contributed by atoms with Crippen molar-refractivity contribution in [2.75, 3.05) is 13.1 Å². The van der Waals surface area contributed by atoms with Crippen molar-refractivity contribution in [2.24, 2.45) is 23.5 Å². The van der Waals surface area contributed by atoms with E-state index in [0.29, 0.717) is 11.8 Å². The second kappa shape index (κ2) is 3.90. The summed E-state index contributed by atoms with van der Waals surface area (Å²) >= 11 is 0. The number of hydrogen-bond donors (Lipinski definition) is 2. The van der Waals surface area contributed by atoms with Gasteiger partial charge in [-0.1, -0.05) is 13.8 Å². The highest BCUT2D eigenvalue weighted by atomic mass is 16.1. The van der Waals surface area contributed by atoms with Crippen molar-refractivity contribution in [3.63, 3.8) is 0 Å². The van der Waals surface area contributed by atoms with E-state index in [1.165, 1.54) is 0 Å². The molecule has 1 aliphatic rings. The van der Waals surface area contributed by atoms with Gasteiger partial charge in [0.15, 0.2) is 0 Å². The zero-order valence-corrected chi connectivity index (χ0v) is 7.84. The standard InChI is InChI=1S/C9H18N2O/c1-6(2)8-5-11-4-3-7(8)9(10)12/h6-8,11H,3-5H2,1-2H3,(H2,10,12). The van der Waals surface area contributed by atoms with Gasteiger partial charge in [-0.25, -0.2) is 0 Å². The molecule has 12 heavy (non-hydrogen) atoms. The maximum absolute atomic E-state index is 11.1. The van der Waals surface area contributed by atoms with Crippen LogP contribution in [0.4, 0.5) is 0 Å². The number of hydrogen-bond acceptors (Lipinski definition) is 2. The highest BCUT2D eigenvalue weighted by Gasteiger charge is 2.30. The fourth-order valence-electron chi connectivity index (χ4n) is 1.94. The quantitative estimate of drug-likeness (QED) is 0.628. The fraction of sp³-hybridized carbons (Fsp3) is 0.889. The average molecular weight is 170 g/mol. The maximum atomic E-state index is 11.1. The van der Waals surface area contributed by atoms with E-state index in [9.17, 15) is 4.79 Å². The van der Waals surface area contributed by atoms with E-state index in [1.807, 2.05) is 0 Å². The Hall–Kier alpha value is -0.570. The third-order valence-electron chi connectivity index (χ3n) is 2.75.